The summed E-state index contributed by atoms with van der Waals surface area (Å²) in [5.74, 6) is -1.03. The number of anilines is 1. The maximum absolute atomic E-state index is 13.3. The van der Waals surface area contributed by atoms with Crippen LogP contribution < -0.4 is 15.4 Å². The van der Waals surface area contributed by atoms with Gasteiger partial charge in [0.25, 0.3) is 0 Å². The quantitative estimate of drug-likeness (QED) is 0.438. The van der Waals surface area contributed by atoms with E-state index in [1.54, 1.807) is 26.8 Å². The van der Waals surface area contributed by atoms with Crippen LogP contribution >= 0.6 is 11.6 Å². The predicted octanol–water partition coefficient (Wildman–Crippen LogP) is 3.63. The van der Waals surface area contributed by atoms with Gasteiger partial charge in [0, 0.05) is 24.0 Å². The summed E-state index contributed by atoms with van der Waals surface area (Å²) in [6.45, 7) is 7.08. The van der Waals surface area contributed by atoms with E-state index in [9.17, 15) is 22.8 Å². The lowest BCUT2D eigenvalue weighted by Gasteiger charge is -2.28. The fourth-order valence-electron chi connectivity index (χ4n) is 4.29. The summed E-state index contributed by atoms with van der Waals surface area (Å²) in [4.78, 5) is 40.5. The molecule has 0 saturated carbocycles. The number of benzene rings is 2. The molecule has 1 saturated heterocycles. The summed E-state index contributed by atoms with van der Waals surface area (Å²) in [6, 6.07) is 12.5. The predicted molar refractivity (Wildman–Crippen MR) is 150 cm³/mol. The Morgan fingerprint density at radius 3 is 2.41 bits per heavy atom. The number of sulfonamides is 1. The Hall–Kier alpha value is -3.31. The summed E-state index contributed by atoms with van der Waals surface area (Å²) < 4.78 is 31.3. The molecule has 3 amide bonds. The normalized spacial score (nSPS) is 18.3. The molecule has 10 nitrogen and oxygen atoms in total. The van der Waals surface area contributed by atoms with Crippen LogP contribution in [-0.4, -0.2) is 61.7 Å². The van der Waals surface area contributed by atoms with E-state index in [4.69, 9.17) is 16.3 Å². The number of halogens is 1. The number of amides is 3. The molecule has 1 aliphatic heterocycles. The van der Waals surface area contributed by atoms with Crippen molar-refractivity contribution in [2.45, 2.75) is 64.3 Å². The Morgan fingerprint density at radius 1 is 1.13 bits per heavy atom. The molecule has 3 N–H and O–H groups in total. The summed E-state index contributed by atoms with van der Waals surface area (Å²) in [5, 5.41) is 5.77. The molecule has 1 heterocycles. The first-order chi connectivity index (χ1) is 18.1. The Labute approximate surface area is 234 Å². The van der Waals surface area contributed by atoms with Gasteiger partial charge < -0.3 is 15.4 Å². The van der Waals surface area contributed by atoms with E-state index < -0.39 is 45.6 Å². The summed E-state index contributed by atoms with van der Waals surface area (Å²) in [5.41, 5.74) is 1.01. The van der Waals surface area contributed by atoms with E-state index in [-0.39, 0.29) is 18.2 Å². The van der Waals surface area contributed by atoms with Gasteiger partial charge in [0.1, 0.15) is 17.7 Å². The lowest BCUT2D eigenvalue weighted by molar-refractivity contribution is -0.131. The molecule has 0 radical (unpaired) electrons. The van der Waals surface area contributed by atoms with Crippen LogP contribution in [0.25, 0.3) is 0 Å². The van der Waals surface area contributed by atoms with Gasteiger partial charge >= 0.3 is 6.09 Å². The highest BCUT2D eigenvalue weighted by Gasteiger charge is 2.42. The van der Waals surface area contributed by atoms with E-state index in [0.29, 0.717) is 23.6 Å². The number of carbonyl (C=O) groups is 3. The highest BCUT2D eigenvalue weighted by atomic mass is 35.5. The average molecular weight is 579 g/mol. The number of nitrogens with one attached hydrogen (secondary N) is 3. The Bertz CT molecular complexity index is 1310. The standard InChI is InChI=1S/C27H35ClN4O6S/c1-17(24(33)29-15-19-13-21(28)11-12-22(19)31-39(5,36)37)30-25(34)23-14-20(18-9-7-6-8-10-18)16-32(23)26(35)38-27(2,3)4/h6-13,17,20,23,31H,14-16H2,1-5H3,(H,29,33)(H,30,34)/t17-,20-,23+/m0/s1. The van der Waals surface area contributed by atoms with Crippen LogP contribution in [0, 0.1) is 0 Å². The van der Waals surface area contributed by atoms with Gasteiger partial charge in [0.2, 0.25) is 21.8 Å². The molecule has 1 aliphatic rings. The first-order valence-corrected chi connectivity index (χ1v) is 14.8. The molecule has 0 spiro atoms. The highest BCUT2D eigenvalue weighted by Crippen LogP contribution is 2.33. The molecule has 3 atom stereocenters. The molecule has 2 aromatic carbocycles. The molecule has 0 aliphatic carbocycles. The number of hydrogen-bond acceptors (Lipinski definition) is 6. The third kappa shape index (κ3) is 8.86. The van der Waals surface area contributed by atoms with E-state index in [1.165, 1.54) is 24.0 Å². The Balaban J connectivity index is 1.69. The lowest BCUT2D eigenvalue weighted by atomic mass is 9.96. The zero-order valence-corrected chi connectivity index (χ0v) is 24.2. The maximum Gasteiger partial charge on any atom is 0.410 e. The molecule has 0 unspecified atom stereocenters. The molecule has 39 heavy (non-hydrogen) atoms. The van der Waals surface area contributed by atoms with Crippen LogP contribution in [0.15, 0.2) is 48.5 Å². The minimum Gasteiger partial charge on any atom is -0.444 e. The van der Waals surface area contributed by atoms with E-state index in [2.05, 4.69) is 15.4 Å². The molecule has 0 bridgehead atoms. The monoisotopic (exact) mass is 578 g/mol. The molecule has 0 aromatic heterocycles. The van der Waals surface area contributed by atoms with Crippen molar-refractivity contribution in [1.29, 1.82) is 0 Å². The van der Waals surface area contributed by atoms with Crippen LogP contribution in [0.3, 0.4) is 0 Å². The van der Waals surface area contributed by atoms with Crippen molar-refractivity contribution in [2.24, 2.45) is 0 Å². The fourth-order valence-corrected chi connectivity index (χ4v) is 5.09. The smallest absolute Gasteiger partial charge is 0.410 e. The van der Waals surface area contributed by atoms with Crippen molar-refractivity contribution in [1.82, 2.24) is 15.5 Å². The van der Waals surface area contributed by atoms with Gasteiger partial charge in [-0.1, -0.05) is 41.9 Å². The van der Waals surface area contributed by atoms with Gasteiger partial charge in [-0.3, -0.25) is 19.2 Å². The van der Waals surface area contributed by atoms with Crippen LogP contribution in [0.1, 0.15) is 51.2 Å². The van der Waals surface area contributed by atoms with Gasteiger partial charge in [-0.25, -0.2) is 13.2 Å². The zero-order valence-electron chi connectivity index (χ0n) is 22.7. The summed E-state index contributed by atoms with van der Waals surface area (Å²) in [7, 11) is -3.55. The maximum atomic E-state index is 13.3. The van der Waals surface area contributed by atoms with E-state index in [0.717, 1.165) is 11.8 Å². The Morgan fingerprint density at radius 2 is 1.79 bits per heavy atom. The number of likely N-dealkylation sites (tertiary alicyclic amines) is 1. The first kappa shape index (κ1) is 30.2. The second-order valence-electron chi connectivity index (χ2n) is 10.6. The highest BCUT2D eigenvalue weighted by molar-refractivity contribution is 7.92. The van der Waals surface area contributed by atoms with Gasteiger partial charge in [-0.05, 0) is 63.4 Å². The van der Waals surface area contributed by atoms with Crippen molar-refractivity contribution in [3.05, 3.63) is 64.7 Å². The van der Waals surface area contributed by atoms with Crippen LogP contribution in [-0.2, 0) is 30.9 Å². The second-order valence-corrected chi connectivity index (χ2v) is 12.8. The van der Waals surface area contributed by atoms with Crippen LogP contribution in [0.2, 0.25) is 5.02 Å². The minimum absolute atomic E-state index is 0.0268. The van der Waals surface area contributed by atoms with Crippen molar-refractivity contribution in [3.63, 3.8) is 0 Å². The number of ether oxygens (including phenoxy) is 1. The third-order valence-electron chi connectivity index (χ3n) is 6.07. The lowest BCUT2D eigenvalue weighted by Crippen LogP contribution is -2.52. The second kappa shape index (κ2) is 12.3. The number of rotatable bonds is 8. The third-order valence-corrected chi connectivity index (χ3v) is 6.90. The summed E-state index contributed by atoms with van der Waals surface area (Å²) in [6.07, 6.45) is 0.810. The number of carbonyl (C=O) groups excluding carboxylic acids is 3. The minimum atomic E-state index is -3.55. The van der Waals surface area contributed by atoms with Crippen molar-refractivity contribution in [2.75, 3.05) is 17.5 Å². The van der Waals surface area contributed by atoms with Crippen molar-refractivity contribution < 1.29 is 27.5 Å². The van der Waals surface area contributed by atoms with Crippen LogP contribution in [0.4, 0.5) is 10.5 Å². The molecule has 12 heteroatoms. The van der Waals surface area contributed by atoms with E-state index in [1.807, 2.05) is 30.3 Å². The van der Waals surface area contributed by atoms with Gasteiger partial charge in [0.15, 0.2) is 0 Å². The molecule has 3 rings (SSSR count). The topological polar surface area (TPSA) is 134 Å². The largest absolute Gasteiger partial charge is 0.444 e. The molecule has 2 aromatic rings. The van der Waals surface area contributed by atoms with Crippen molar-refractivity contribution >= 4 is 45.2 Å². The molecule has 1 fully saturated rings. The average Bonchev–Trinajstić information content (AvgIpc) is 3.29. The van der Waals surface area contributed by atoms with Gasteiger partial charge in [0.05, 0.1) is 11.9 Å². The summed E-state index contributed by atoms with van der Waals surface area (Å²) >= 11 is 6.05. The SMILES string of the molecule is C[C@H](NC(=O)[C@H]1C[C@H](c2ccccc2)CN1C(=O)OC(C)(C)C)C(=O)NCc1cc(Cl)ccc1NS(C)(=O)=O. The zero-order chi connectivity index (χ0) is 29.0. The first-order valence-electron chi connectivity index (χ1n) is 12.5. The van der Waals surface area contributed by atoms with Crippen molar-refractivity contribution in [3.8, 4) is 0 Å². The van der Waals surface area contributed by atoms with Gasteiger partial charge in [-0.15, -0.1) is 0 Å². The molecular weight excluding hydrogens is 544 g/mol. The molecular formula is C27H35ClN4O6S. The fraction of sp³-hybridized carbons (Fsp3) is 0.444. The number of hydrogen-bond donors (Lipinski definition) is 3. The Kier molecular flexibility index (Phi) is 9.50. The molecule has 212 valence electrons. The number of nitrogens with zero attached hydrogens (tertiary/aromatic N) is 1. The van der Waals surface area contributed by atoms with E-state index >= 15 is 0 Å². The van der Waals surface area contributed by atoms with Crippen LogP contribution in [0.5, 0.6) is 0 Å². The van der Waals surface area contributed by atoms with Gasteiger partial charge in [-0.2, -0.15) is 0 Å².